The number of thiazole rings is 1. The van der Waals surface area contributed by atoms with Crippen molar-refractivity contribution in [2.45, 2.75) is 13.2 Å². The SMILES string of the molecule is COc1cc(CN)cc(OC)c1OCc1cncs1. The molecule has 0 aliphatic heterocycles. The fourth-order valence-corrected chi connectivity index (χ4v) is 2.16. The third kappa shape index (κ3) is 3.15. The van der Waals surface area contributed by atoms with E-state index in [-0.39, 0.29) is 0 Å². The van der Waals surface area contributed by atoms with Crippen LogP contribution in [0.5, 0.6) is 17.2 Å². The summed E-state index contributed by atoms with van der Waals surface area (Å²) in [5.41, 5.74) is 8.34. The molecule has 0 aliphatic rings. The van der Waals surface area contributed by atoms with Crippen LogP contribution in [0.2, 0.25) is 0 Å². The number of nitrogens with two attached hydrogens (primary N) is 1. The van der Waals surface area contributed by atoms with Crippen LogP contribution in [0.15, 0.2) is 23.8 Å². The topological polar surface area (TPSA) is 66.6 Å². The molecule has 0 amide bonds. The van der Waals surface area contributed by atoms with E-state index < -0.39 is 0 Å². The molecule has 5 nitrogen and oxygen atoms in total. The van der Waals surface area contributed by atoms with Crippen LogP contribution in [-0.4, -0.2) is 19.2 Å². The largest absolute Gasteiger partial charge is 0.493 e. The Hall–Kier alpha value is -1.79. The Kier molecular flexibility index (Phi) is 4.59. The van der Waals surface area contributed by atoms with Crippen molar-refractivity contribution in [2.75, 3.05) is 14.2 Å². The molecule has 0 aliphatic carbocycles. The molecule has 0 radical (unpaired) electrons. The summed E-state index contributed by atoms with van der Waals surface area (Å²) >= 11 is 1.54. The lowest BCUT2D eigenvalue weighted by Gasteiger charge is -2.15. The van der Waals surface area contributed by atoms with Gasteiger partial charge in [-0.3, -0.25) is 4.98 Å². The first-order valence-corrected chi connectivity index (χ1v) is 6.61. The number of methoxy groups -OCH3 is 2. The van der Waals surface area contributed by atoms with E-state index in [0.29, 0.717) is 30.4 Å². The average molecular weight is 280 g/mol. The van der Waals surface area contributed by atoms with E-state index in [2.05, 4.69) is 4.98 Å². The molecule has 2 aromatic rings. The van der Waals surface area contributed by atoms with E-state index in [4.69, 9.17) is 19.9 Å². The van der Waals surface area contributed by atoms with Gasteiger partial charge in [-0.2, -0.15) is 0 Å². The van der Waals surface area contributed by atoms with Crippen LogP contribution in [0.25, 0.3) is 0 Å². The first-order valence-electron chi connectivity index (χ1n) is 5.73. The zero-order chi connectivity index (χ0) is 13.7. The Morgan fingerprint density at radius 3 is 2.37 bits per heavy atom. The fraction of sp³-hybridized carbons (Fsp3) is 0.308. The maximum absolute atomic E-state index is 5.77. The molecular formula is C13H16N2O3S. The molecule has 0 unspecified atom stereocenters. The van der Waals surface area contributed by atoms with E-state index in [0.717, 1.165) is 10.4 Å². The van der Waals surface area contributed by atoms with E-state index >= 15 is 0 Å². The normalized spacial score (nSPS) is 10.3. The predicted octanol–water partition coefficient (Wildman–Crippen LogP) is 2.20. The number of ether oxygens (including phenoxy) is 3. The van der Waals surface area contributed by atoms with E-state index in [1.807, 2.05) is 12.1 Å². The summed E-state index contributed by atoms with van der Waals surface area (Å²) in [6.45, 7) is 0.848. The highest BCUT2D eigenvalue weighted by Crippen LogP contribution is 2.39. The maximum atomic E-state index is 5.77. The number of aromatic nitrogens is 1. The standard InChI is InChI=1S/C13H16N2O3S/c1-16-11-3-9(5-14)4-12(17-2)13(11)18-7-10-6-15-8-19-10/h3-4,6,8H,5,7,14H2,1-2H3. The number of nitrogens with zero attached hydrogens (tertiary/aromatic N) is 1. The van der Waals surface area contributed by atoms with Crippen molar-refractivity contribution in [3.05, 3.63) is 34.3 Å². The van der Waals surface area contributed by atoms with Gasteiger partial charge in [0.05, 0.1) is 24.6 Å². The van der Waals surface area contributed by atoms with Crippen molar-refractivity contribution in [3.8, 4) is 17.2 Å². The van der Waals surface area contributed by atoms with Gasteiger partial charge in [0.2, 0.25) is 5.75 Å². The van der Waals surface area contributed by atoms with Crippen molar-refractivity contribution < 1.29 is 14.2 Å². The molecule has 0 saturated heterocycles. The van der Waals surface area contributed by atoms with Crippen LogP contribution in [0, 0.1) is 0 Å². The van der Waals surface area contributed by atoms with Crippen molar-refractivity contribution >= 4 is 11.3 Å². The zero-order valence-electron chi connectivity index (χ0n) is 10.9. The Bertz CT molecular complexity index is 504. The molecule has 1 aromatic heterocycles. The minimum atomic E-state index is 0.418. The molecule has 102 valence electrons. The van der Waals surface area contributed by atoms with E-state index in [1.54, 1.807) is 25.9 Å². The second-order valence-corrected chi connectivity index (χ2v) is 4.76. The van der Waals surface area contributed by atoms with Gasteiger partial charge in [-0.15, -0.1) is 11.3 Å². The van der Waals surface area contributed by atoms with Gasteiger partial charge in [0.1, 0.15) is 6.61 Å². The van der Waals surface area contributed by atoms with Crippen molar-refractivity contribution in [3.63, 3.8) is 0 Å². The smallest absolute Gasteiger partial charge is 0.203 e. The van der Waals surface area contributed by atoms with Crippen LogP contribution >= 0.6 is 11.3 Å². The first-order chi connectivity index (χ1) is 9.28. The van der Waals surface area contributed by atoms with E-state index in [9.17, 15) is 0 Å². The van der Waals surface area contributed by atoms with Crippen LogP contribution in [0.1, 0.15) is 10.4 Å². The highest BCUT2D eigenvalue weighted by Gasteiger charge is 2.14. The number of hydrogen-bond acceptors (Lipinski definition) is 6. The zero-order valence-corrected chi connectivity index (χ0v) is 11.7. The van der Waals surface area contributed by atoms with Gasteiger partial charge in [-0.1, -0.05) is 0 Å². The lowest BCUT2D eigenvalue weighted by molar-refractivity contribution is 0.268. The molecule has 1 heterocycles. The van der Waals surface area contributed by atoms with Crippen molar-refractivity contribution in [2.24, 2.45) is 5.73 Å². The summed E-state index contributed by atoms with van der Waals surface area (Å²) in [4.78, 5) is 5.04. The lowest BCUT2D eigenvalue weighted by Crippen LogP contribution is -2.02. The third-order valence-corrected chi connectivity index (χ3v) is 3.35. The summed E-state index contributed by atoms with van der Waals surface area (Å²) in [7, 11) is 3.18. The summed E-state index contributed by atoms with van der Waals surface area (Å²) in [6, 6.07) is 3.70. The highest BCUT2D eigenvalue weighted by atomic mass is 32.1. The van der Waals surface area contributed by atoms with Gasteiger partial charge in [0.25, 0.3) is 0 Å². The summed E-state index contributed by atoms with van der Waals surface area (Å²) in [5.74, 6) is 1.81. The van der Waals surface area contributed by atoms with Gasteiger partial charge in [-0.25, -0.2) is 0 Å². The Balaban J connectivity index is 2.26. The quantitative estimate of drug-likeness (QED) is 0.878. The molecule has 6 heteroatoms. The molecule has 0 atom stereocenters. The van der Waals surface area contributed by atoms with Gasteiger partial charge in [0.15, 0.2) is 11.5 Å². The third-order valence-electron chi connectivity index (χ3n) is 2.60. The van der Waals surface area contributed by atoms with Crippen LogP contribution in [-0.2, 0) is 13.2 Å². The number of hydrogen-bond donors (Lipinski definition) is 1. The molecular weight excluding hydrogens is 264 g/mol. The molecule has 19 heavy (non-hydrogen) atoms. The minimum absolute atomic E-state index is 0.418. The number of rotatable bonds is 6. The first kappa shape index (κ1) is 13.6. The monoisotopic (exact) mass is 280 g/mol. The van der Waals surface area contributed by atoms with E-state index in [1.165, 1.54) is 11.3 Å². The average Bonchev–Trinajstić information content (AvgIpc) is 2.97. The Morgan fingerprint density at radius 2 is 1.89 bits per heavy atom. The van der Waals surface area contributed by atoms with Crippen LogP contribution < -0.4 is 19.9 Å². The maximum Gasteiger partial charge on any atom is 0.203 e. The predicted molar refractivity (Wildman–Crippen MR) is 73.9 cm³/mol. The molecule has 1 aromatic carbocycles. The van der Waals surface area contributed by atoms with Gasteiger partial charge in [0, 0.05) is 12.7 Å². The molecule has 0 bridgehead atoms. The van der Waals surface area contributed by atoms with Crippen molar-refractivity contribution in [1.29, 1.82) is 0 Å². The van der Waals surface area contributed by atoms with Crippen molar-refractivity contribution in [1.82, 2.24) is 4.98 Å². The van der Waals surface area contributed by atoms with Crippen LogP contribution in [0.3, 0.4) is 0 Å². The van der Waals surface area contributed by atoms with Gasteiger partial charge >= 0.3 is 0 Å². The second kappa shape index (κ2) is 6.40. The minimum Gasteiger partial charge on any atom is -0.493 e. The molecule has 2 N–H and O–H groups in total. The second-order valence-electron chi connectivity index (χ2n) is 3.79. The lowest BCUT2D eigenvalue weighted by atomic mass is 10.2. The van der Waals surface area contributed by atoms with Gasteiger partial charge in [-0.05, 0) is 17.7 Å². The number of benzene rings is 1. The molecule has 0 spiro atoms. The molecule has 2 rings (SSSR count). The fourth-order valence-electron chi connectivity index (χ4n) is 1.65. The molecule has 0 fully saturated rings. The Labute approximate surface area is 115 Å². The summed E-state index contributed by atoms with van der Waals surface area (Å²) in [5, 5.41) is 0. The summed E-state index contributed by atoms with van der Waals surface area (Å²) in [6.07, 6.45) is 1.78. The summed E-state index contributed by atoms with van der Waals surface area (Å²) < 4.78 is 16.4. The van der Waals surface area contributed by atoms with Crippen LogP contribution in [0.4, 0.5) is 0 Å². The van der Waals surface area contributed by atoms with Gasteiger partial charge < -0.3 is 19.9 Å². The molecule has 0 saturated carbocycles. The highest BCUT2D eigenvalue weighted by molar-refractivity contribution is 7.09. The Morgan fingerprint density at radius 1 is 1.21 bits per heavy atom.